The van der Waals surface area contributed by atoms with Crippen molar-refractivity contribution in [3.8, 4) is 0 Å². The Hall–Kier alpha value is -0.120. The van der Waals surface area contributed by atoms with Gasteiger partial charge in [-0.3, -0.25) is 0 Å². The van der Waals surface area contributed by atoms with Gasteiger partial charge in [0, 0.05) is 11.1 Å². The number of hydrogen-bond acceptors (Lipinski definition) is 3. The summed E-state index contributed by atoms with van der Waals surface area (Å²) in [5.41, 5.74) is 10.2. The van der Waals surface area contributed by atoms with Gasteiger partial charge in [-0.25, -0.2) is 0 Å². The van der Waals surface area contributed by atoms with Crippen molar-refractivity contribution in [2.24, 2.45) is 11.5 Å². The zero-order valence-corrected chi connectivity index (χ0v) is 8.31. The van der Waals surface area contributed by atoms with Gasteiger partial charge in [0.2, 0.25) is 0 Å². The van der Waals surface area contributed by atoms with E-state index in [9.17, 15) is 0 Å². The van der Waals surface area contributed by atoms with Crippen LogP contribution in [0.3, 0.4) is 0 Å². The molecule has 0 atom stereocenters. The minimum atomic E-state index is -0.403. The molecular weight excluding hydrogens is 140 g/mol. The second-order valence-corrected chi connectivity index (χ2v) is 4.51. The summed E-state index contributed by atoms with van der Waals surface area (Å²) in [6.45, 7) is 9.49. The Morgan fingerprint density at radius 2 is 1.09 bits per heavy atom. The molecule has 0 aromatic heterocycles. The first-order valence-electron chi connectivity index (χ1n) is 3.75. The van der Waals surface area contributed by atoms with Crippen molar-refractivity contribution in [2.45, 2.75) is 45.7 Å². The van der Waals surface area contributed by atoms with Crippen LogP contribution >= 0.6 is 0 Å². The molecule has 0 radical (unpaired) electrons. The van der Waals surface area contributed by atoms with Crippen LogP contribution in [0, 0.1) is 0 Å². The van der Waals surface area contributed by atoms with Crippen molar-refractivity contribution in [1.29, 1.82) is 0 Å². The topological polar surface area (TPSA) is 72.3 Å². The van der Waals surface area contributed by atoms with E-state index in [0.717, 1.165) is 0 Å². The Morgan fingerprint density at radius 3 is 1.09 bits per heavy atom. The molecule has 5 N–H and O–H groups in total. The van der Waals surface area contributed by atoms with Crippen LogP contribution in [0.1, 0.15) is 34.6 Å². The Kier molecular flexibility index (Phi) is 5.75. The van der Waals surface area contributed by atoms with Crippen molar-refractivity contribution >= 4 is 0 Å². The highest BCUT2D eigenvalue weighted by atomic mass is 16.3. The van der Waals surface area contributed by atoms with Crippen LogP contribution in [0.5, 0.6) is 0 Å². The molecule has 0 aliphatic heterocycles. The molecule has 3 heteroatoms. The van der Waals surface area contributed by atoms with Gasteiger partial charge in [-0.1, -0.05) is 0 Å². The number of aliphatic hydroxyl groups excluding tert-OH is 1. The molecule has 0 amide bonds. The molecule has 0 bridgehead atoms. The highest BCUT2D eigenvalue weighted by molar-refractivity contribution is 4.67. The van der Waals surface area contributed by atoms with Gasteiger partial charge in [0.15, 0.2) is 0 Å². The summed E-state index contributed by atoms with van der Waals surface area (Å²) in [4.78, 5) is 0. The monoisotopic (exact) mass is 162 g/mol. The van der Waals surface area contributed by atoms with Crippen LogP contribution in [-0.2, 0) is 0 Å². The van der Waals surface area contributed by atoms with Gasteiger partial charge in [0.25, 0.3) is 0 Å². The first kappa shape index (κ1) is 13.5. The minimum Gasteiger partial charge on any atom is -0.394 e. The van der Waals surface area contributed by atoms with E-state index in [1.54, 1.807) is 13.8 Å². The zero-order valence-electron chi connectivity index (χ0n) is 8.31. The van der Waals surface area contributed by atoms with Crippen LogP contribution in [0.2, 0.25) is 0 Å². The Bertz CT molecular complexity index is 83.2. The molecule has 70 valence electrons. The predicted molar refractivity (Wildman–Crippen MR) is 49.3 cm³/mol. The molecule has 11 heavy (non-hydrogen) atoms. The van der Waals surface area contributed by atoms with Gasteiger partial charge in [0.05, 0.1) is 6.61 Å². The van der Waals surface area contributed by atoms with E-state index in [1.807, 2.05) is 20.8 Å². The largest absolute Gasteiger partial charge is 0.394 e. The molecule has 0 aromatic carbocycles. The summed E-state index contributed by atoms with van der Waals surface area (Å²) in [6.07, 6.45) is 0. The first-order chi connectivity index (χ1) is 4.56. The molecule has 0 saturated carbocycles. The fraction of sp³-hybridized carbons (Fsp3) is 1.00. The molecule has 3 nitrogen and oxygen atoms in total. The molecule has 0 unspecified atom stereocenters. The molecule has 0 heterocycles. The third-order valence-electron chi connectivity index (χ3n) is 0.408. The number of hydrogen-bond donors (Lipinski definition) is 3. The lowest BCUT2D eigenvalue weighted by Crippen LogP contribution is -2.35. The molecule has 0 aliphatic carbocycles. The third kappa shape index (κ3) is 74.0. The second-order valence-electron chi connectivity index (χ2n) is 4.51. The van der Waals surface area contributed by atoms with Crippen LogP contribution in [0.15, 0.2) is 0 Å². The molecule has 0 aromatic rings. The fourth-order valence-corrected chi connectivity index (χ4v) is 0. The van der Waals surface area contributed by atoms with Crippen LogP contribution in [-0.4, -0.2) is 22.8 Å². The molecule has 0 saturated heterocycles. The predicted octanol–water partition coefficient (Wildman–Crippen LogP) is 0.460. The van der Waals surface area contributed by atoms with E-state index in [2.05, 4.69) is 0 Å². The van der Waals surface area contributed by atoms with Crippen molar-refractivity contribution in [2.75, 3.05) is 6.61 Å². The summed E-state index contributed by atoms with van der Waals surface area (Å²) < 4.78 is 0. The van der Waals surface area contributed by atoms with Crippen molar-refractivity contribution in [3.05, 3.63) is 0 Å². The van der Waals surface area contributed by atoms with E-state index >= 15 is 0 Å². The lowest BCUT2D eigenvalue weighted by Gasteiger charge is -2.12. The van der Waals surface area contributed by atoms with Crippen molar-refractivity contribution < 1.29 is 5.11 Å². The normalized spacial score (nSPS) is 12.0. The summed E-state index contributed by atoms with van der Waals surface area (Å²) in [6, 6.07) is 0. The zero-order chi connectivity index (χ0) is 9.71. The van der Waals surface area contributed by atoms with Gasteiger partial charge in [0.1, 0.15) is 0 Å². The quantitative estimate of drug-likeness (QED) is 0.524. The fourth-order valence-electron chi connectivity index (χ4n) is 0. The highest BCUT2D eigenvalue weighted by Gasteiger charge is 2.05. The van der Waals surface area contributed by atoms with Gasteiger partial charge in [-0.15, -0.1) is 0 Å². The highest BCUT2D eigenvalue weighted by Crippen LogP contribution is 1.90. The van der Waals surface area contributed by atoms with Crippen LogP contribution in [0.4, 0.5) is 0 Å². The standard InChI is InChI=1S/C4H11NO.C4H11N/c1-4(2,5)3-6;1-4(2,3)5/h6H,3,5H2,1-2H3;5H2,1-3H3. The summed E-state index contributed by atoms with van der Waals surface area (Å²) >= 11 is 0. The maximum absolute atomic E-state index is 8.28. The summed E-state index contributed by atoms with van der Waals surface area (Å²) in [5, 5.41) is 8.28. The third-order valence-corrected chi connectivity index (χ3v) is 0.408. The maximum Gasteiger partial charge on any atom is 0.0605 e. The number of nitrogens with two attached hydrogens (primary N) is 2. The Labute approximate surface area is 69.8 Å². The lowest BCUT2D eigenvalue weighted by molar-refractivity contribution is 0.221. The first-order valence-corrected chi connectivity index (χ1v) is 3.75. The summed E-state index contributed by atoms with van der Waals surface area (Å²) in [5.74, 6) is 0. The Morgan fingerprint density at radius 1 is 1.00 bits per heavy atom. The van der Waals surface area contributed by atoms with Gasteiger partial charge >= 0.3 is 0 Å². The lowest BCUT2D eigenvalue weighted by atomic mass is 10.1. The average molecular weight is 162 g/mol. The van der Waals surface area contributed by atoms with Gasteiger partial charge in [-0.05, 0) is 34.6 Å². The van der Waals surface area contributed by atoms with Crippen LogP contribution < -0.4 is 11.5 Å². The van der Waals surface area contributed by atoms with Crippen molar-refractivity contribution in [1.82, 2.24) is 0 Å². The average Bonchev–Trinajstić information content (AvgIpc) is 1.59. The smallest absolute Gasteiger partial charge is 0.0605 e. The molecule has 0 aliphatic rings. The van der Waals surface area contributed by atoms with E-state index < -0.39 is 5.54 Å². The van der Waals surface area contributed by atoms with E-state index in [1.165, 1.54) is 0 Å². The molecule has 0 rings (SSSR count). The second kappa shape index (κ2) is 4.70. The SMILES string of the molecule is CC(C)(C)N.CC(C)(N)CO. The van der Waals surface area contributed by atoms with E-state index in [-0.39, 0.29) is 12.1 Å². The van der Waals surface area contributed by atoms with Gasteiger partial charge in [-0.2, -0.15) is 0 Å². The van der Waals surface area contributed by atoms with Crippen molar-refractivity contribution in [3.63, 3.8) is 0 Å². The summed E-state index contributed by atoms with van der Waals surface area (Å²) in [7, 11) is 0. The number of aliphatic hydroxyl groups is 1. The molecule has 0 fully saturated rings. The maximum atomic E-state index is 8.28. The van der Waals surface area contributed by atoms with E-state index in [0.29, 0.717) is 0 Å². The van der Waals surface area contributed by atoms with Crippen LogP contribution in [0.25, 0.3) is 0 Å². The molecule has 0 spiro atoms. The Balaban J connectivity index is 0. The molecular formula is C8H22N2O. The minimum absolute atomic E-state index is 0. The number of rotatable bonds is 1. The van der Waals surface area contributed by atoms with E-state index in [4.69, 9.17) is 16.6 Å². The van der Waals surface area contributed by atoms with Gasteiger partial charge < -0.3 is 16.6 Å².